The second-order valence-electron chi connectivity index (χ2n) is 11.4. The first-order valence-corrected chi connectivity index (χ1v) is 27.8. The highest BCUT2D eigenvalue weighted by molar-refractivity contribution is 6.95. The van der Waals surface area contributed by atoms with Crippen LogP contribution >= 0.6 is 0 Å². The van der Waals surface area contributed by atoms with E-state index in [4.69, 9.17) is 4.74 Å². The average molecular weight is 475 g/mol. The maximum Gasteiger partial charge on any atom is 0.0870 e. The highest BCUT2D eigenvalue weighted by atomic mass is 28.4. The molecule has 0 unspecified atom stereocenters. The highest BCUT2D eigenvalue weighted by Crippen LogP contribution is 2.20. The molecule has 0 saturated heterocycles. The summed E-state index contributed by atoms with van der Waals surface area (Å²) in [7, 11) is -1.81. The first-order valence-electron chi connectivity index (χ1n) is 11.3. The molecule has 0 bridgehead atoms. The van der Waals surface area contributed by atoms with Crippen LogP contribution in [0.5, 0.6) is 0 Å². The molecule has 0 rings (SSSR count). The van der Waals surface area contributed by atoms with Gasteiger partial charge in [-0.2, -0.15) is 0 Å². The molecule has 0 fully saturated rings. The van der Waals surface area contributed by atoms with Gasteiger partial charge in [-0.25, -0.2) is 0 Å². The van der Waals surface area contributed by atoms with Gasteiger partial charge in [0.15, 0.2) is 0 Å². The summed E-state index contributed by atoms with van der Waals surface area (Å²) in [4.78, 5) is 0. The Kier molecular flexibility index (Phi) is 14.0. The van der Waals surface area contributed by atoms with E-state index in [0.717, 1.165) is 12.2 Å². The molecule has 0 radical (unpaired) electrons. The fourth-order valence-electron chi connectivity index (χ4n) is 3.59. The van der Waals surface area contributed by atoms with Gasteiger partial charge in [-0.1, -0.05) is 92.4 Å². The van der Waals surface area contributed by atoms with Crippen molar-refractivity contribution >= 4 is 52.8 Å². The SMILES string of the molecule is C=C(C)C=COCCC[SiH2]C[Si](C)(C)C[SiH2]C[Si](C)(C)C[SiH2]C[Si](C)(C)C. The lowest BCUT2D eigenvalue weighted by Crippen LogP contribution is -2.35. The molecule has 0 aliphatic heterocycles. The third-order valence-corrected chi connectivity index (χ3v) is 41.3. The van der Waals surface area contributed by atoms with Crippen molar-refractivity contribution in [1.82, 2.24) is 0 Å². The Hall–Kier alpha value is 0.581. The standard InChI is InChI=1S/C20H50OSi6/c1-20(2)11-13-21-12-10-14-22-16-26(6,7)18-24-19-27(8,9)17-23-15-25(3,4)5/h11,13H,1,10,12,14-19,22-24H2,2-9H3. The van der Waals surface area contributed by atoms with E-state index in [2.05, 4.69) is 52.4 Å². The molecule has 0 heterocycles. The Morgan fingerprint density at radius 2 is 1.30 bits per heavy atom. The monoisotopic (exact) mass is 474 g/mol. The van der Waals surface area contributed by atoms with Crippen LogP contribution in [-0.4, -0.2) is 59.4 Å². The molecule has 0 aliphatic carbocycles. The third-order valence-electron chi connectivity index (χ3n) is 5.55. The molecule has 0 saturated carbocycles. The summed E-state index contributed by atoms with van der Waals surface area (Å²) >= 11 is 0. The van der Waals surface area contributed by atoms with Crippen LogP contribution in [0.3, 0.4) is 0 Å². The quantitative estimate of drug-likeness (QED) is 0.133. The maximum absolute atomic E-state index is 5.54. The smallest absolute Gasteiger partial charge is 0.0870 e. The van der Waals surface area contributed by atoms with Crippen LogP contribution in [0.1, 0.15) is 13.3 Å². The lowest BCUT2D eigenvalue weighted by Gasteiger charge is -2.27. The summed E-state index contributed by atoms with van der Waals surface area (Å²) < 4.78 is 5.54. The second kappa shape index (κ2) is 13.7. The summed E-state index contributed by atoms with van der Waals surface area (Å²) in [6.07, 6.45) is 5.03. The maximum atomic E-state index is 5.54. The van der Waals surface area contributed by atoms with Crippen LogP contribution in [-0.2, 0) is 4.74 Å². The largest absolute Gasteiger partial charge is 0.501 e. The van der Waals surface area contributed by atoms with Gasteiger partial charge in [-0.3, -0.25) is 0 Å². The number of hydrogen-bond acceptors (Lipinski definition) is 1. The summed E-state index contributed by atoms with van der Waals surface area (Å²) in [6.45, 7) is 25.2. The molecule has 7 heteroatoms. The van der Waals surface area contributed by atoms with Crippen molar-refractivity contribution in [2.24, 2.45) is 0 Å². The molecule has 0 amide bonds. The van der Waals surface area contributed by atoms with Crippen LogP contribution in [0.15, 0.2) is 24.5 Å². The number of allylic oxidation sites excluding steroid dienone is 2. The second-order valence-corrected chi connectivity index (χ2v) is 38.0. The van der Waals surface area contributed by atoms with E-state index in [1.165, 1.54) is 12.5 Å². The van der Waals surface area contributed by atoms with Gasteiger partial charge < -0.3 is 4.74 Å². The molecule has 0 aromatic heterocycles. The van der Waals surface area contributed by atoms with E-state index < -0.39 is 24.2 Å². The summed E-state index contributed by atoms with van der Waals surface area (Å²) in [6, 6.07) is 1.47. The molecule has 0 spiro atoms. The van der Waals surface area contributed by atoms with Crippen molar-refractivity contribution < 1.29 is 4.74 Å². The fraction of sp³-hybridized carbons (Fsp3) is 0.800. The van der Waals surface area contributed by atoms with Gasteiger partial charge in [-0.15, -0.1) is 0 Å². The van der Waals surface area contributed by atoms with Gasteiger partial charge in [-0.05, 0) is 19.4 Å². The minimum absolute atomic E-state index is 0.151. The van der Waals surface area contributed by atoms with Crippen LogP contribution < -0.4 is 0 Å². The number of rotatable bonds is 16. The van der Waals surface area contributed by atoms with E-state index >= 15 is 0 Å². The first kappa shape index (κ1) is 27.6. The van der Waals surface area contributed by atoms with Gasteiger partial charge in [0.25, 0.3) is 0 Å². The van der Waals surface area contributed by atoms with Gasteiger partial charge in [0.2, 0.25) is 0 Å². The lowest BCUT2D eigenvalue weighted by molar-refractivity contribution is 0.250. The summed E-state index contributed by atoms with van der Waals surface area (Å²) in [5, 5.41) is 0. The number of ether oxygens (including phenoxy) is 1. The Labute approximate surface area is 181 Å². The van der Waals surface area contributed by atoms with Crippen LogP contribution in [0.25, 0.3) is 0 Å². The van der Waals surface area contributed by atoms with Crippen LogP contribution in [0, 0.1) is 0 Å². The van der Waals surface area contributed by atoms with E-state index in [1.54, 1.807) is 28.3 Å². The highest BCUT2D eigenvalue weighted by Gasteiger charge is 2.25. The van der Waals surface area contributed by atoms with Crippen LogP contribution in [0.4, 0.5) is 0 Å². The van der Waals surface area contributed by atoms with Crippen molar-refractivity contribution in [3.63, 3.8) is 0 Å². The average Bonchev–Trinajstić information content (AvgIpc) is 2.47. The van der Waals surface area contributed by atoms with Crippen LogP contribution in [0.2, 0.25) is 80.2 Å². The molecule has 0 aliphatic rings. The third kappa shape index (κ3) is 19.7. The molecular formula is C20H50OSi6. The molecule has 1 nitrogen and oxygen atoms in total. The molecule has 0 N–H and O–H groups in total. The molecule has 0 atom stereocenters. The minimum atomic E-state index is -0.857. The first-order chi connectivity index (χ1) is 12.3. The Bertz CT molecular complexity index is 440. The van der Waals surface area contributed by atoms with Crippen molar-refractivity contribution in [1.29, 1.82) is 0 Å². The van der Waals surface area contributed by atoms with Gasteiger partial charge in [0.1, 0.15) is 0 Å². The van der Waals surface area contributed by atoms with Gasteiger partial charge in [0.05, 0.1) is 12.9 Å². The minimum Gasteiger partial charge on any atom is -0.501 e. The Balaban J connectivity index is 3.84. The Morgan fingerprint density at radius 1 is 0.815 bits per heavy atom. The molecule has 0 aromatic rings. The normalized spacial score (nSPS) is 14.7. The van der Waals surface area contributed by atoms with E-state index in [1.807, 2.05) is 19.3 Å². The predicted octanol–water partition coefficient (Wildman–Crippen LogP) is 4.95. The molecule has 160 valence electrons. The molecular weight excluding hydrogens is 425 g/mol. The van der Waals surface area contributed by atoms with E-state index in [-0.39, 0.29) is 28.6 Å². The summed E-state index contributed by atoms with van der Waals surface area (Å²) in [5.41, 5.74) is 9.63. The Morgan fingerprint density at radius 3 is 1.78 bits per heavy atom. The van der Waals surface area contributed by atoms with Crippen molar-refractivity contribution in [3.05, 3.63) is 24.5 Å². The van der Waals surface area contributed by atoms with E-state index in [9.17, 15) is 0 Å². The van der Waals surface area contributed by atoms with Gasteiger partial charge >= 0.3 is 0 Å². The zero-order chi connectivity index (χ0) is 21.0. The van der Waals surface area contributed by atoms with Crippen molar-refractivity contribution in [3.8, 4) is 0 Å². The lowest BCUT2D eigenvalue weighted by atomic mass is 10.3. The zero-order valence-electron chi connectivity index (χ0n) is 20.0. The molecule has 0 aromatic carbocycles. The summed E-state index contributed by atoms with van der Waals surface area (Å²) in [5.74, 6) is 0. The van der Waals surface area contributed by atoms with E-state index in [0.29, 0.717) is 0 Å². The predicted molar refractivity (Wildman–Crippen MR) is 147 cm³/mol. The van der Waals surface area contributed by atoms with Crippen molar-refractivity contribution in [2.45, 2.75) is 93.6 Å². The number of hydrogen-bond donors (Lipinski definition) is 0. The fourth-order valence-corrected chi connectivity index (χ4v) is 35.8. The zero-order valence-corrected chi connectivity index (χ0v) is 27.3. The topological polar surface area (TPSA) is 9.23 Å². The van der Waals surface area contributed by atoms with Gasteiger partial charge in [0, 0.05) is 52.8 Å². The van der Waals surface area contributed by atoms with Crippen molar-refractivity contribution in [2.75, 3.05) is 6.61 Å². The molecule has 27 heavy (non-hydrogen) atoms.